The topological polar surface area (TPSA) is 40.6 Å². The van der Waals surface area contributed by atoms with E-state index in [4.69, 9.17) is 14.2 Å². The number of hydrogen-bond donors (Lipinski definition) is 0. The maximum Gasteiger partial charge on any atom is 0.157 e. The maximum atomic E-state index is 5.61. The highest BCUT2D eigenvalue weighted by atomic mass is 79.9. The van der Waals surface area contributed by atoms with Gasteiger partial charge in [0.15, 0.2) is 6.29 Å². The highest BCUT2D eigenvalue weighted by Crippen LogP contribution is 2.14. The van der Waals surface area contributed by atoms with Gasteiger partial charge in [0, 0.05) is 13.0 Å². The summed E-state index contributed by atoms with van der Waals surface area (Å²) in [5.74, 6) is 0.784. The van der Waals surface area contributed by atoms with Gasteiger partial charge in [0.05, 0.1) is 19.4 Å². The van der Waals surface area contributed by atoms with Crippen LogP contribution >= 0.6 is 15.9 Å². The fraction of sp³-hybridized carbons (Fsp3) is 0.615. The van der Waals surface area contributed by atoms with Gasteiger partial charge in [0.25, 0.3) is 0 Å². The van der Waals surface area contributed by atoms with Gasteiger partial charge in [-0.2, -0.15) is 0 Å². The summed E-state index contributed by atoms with van der Waals surface area (Å²) in [7, 11) is 0. The summed E-state index contributed by atoms with van der Waals surface area (Å²) < 4.78 is 17.5. The van der Waals surface area contributed by atoms with Crippen LogP contribution in [-0.4, -0.2) is 31.1 Å². The molecule has 0 bridgehead atoms. The highest BCUT2D eigenvalue weighted by Gasteiger charge is 2.13. The van der Waals surface area contributed by atoms with Crippen LogP contribution in [0.5, 0.6) is 5.75 Å². The van der Waals surface area contributed by atoms with Crippen molar-refractivity contribution in [2.75, 3.05) is 19.8 Å². The summed E-state index contributed by atoms with van der Waals surface area (Å²) in [5.41, 5.74) is 0. The van der Waals surface area contributed by atoms with Gasteiger partial charge in [-0.15, -0.1) is 0 Å². The number of nitrogens with zero attached hydrogens (tertiary/aromatic N) is 1. The molecule has 1 aliphatic heterocycles. The monoisotopic (exact) mass is 315 g/mol. The Morgan fingerprint density at radius 2 is 2.28 bits per heavy atom. The van der Waals surface area contributed by atoms with E-state index in [0.717, 1.165) is 36.2 Å². The molecule has 18 heavy (non-hydrogen) atoms. The van der Waals surface area contributed by atoms with Crippen molar-refractivity contribution in [3.05, 3.63) is 22.9 Å². The van der Waals surface area contributed by atoms with Crippen molar-refractivity contribution < 1.29 is 14.2 Å². The third kappa shape index (κ3) is 4.92. The predicted molar refractivity (Wildman–Crippen MR) is 71.6 cm³/mol. The zero-order valence-corrected chi connectivity index (χ0v) is 11.9. The Morgan fingerprint density at radius 1 is 1.33 bits per heavy atom. The molecule has 0 aliphatic carbocycles. The van der Waals surface area contributed by atoms with Gasteiger partial charge in [-0.25, -0.2) is 4.98 Å². The number of rotatable bonds is 6. The molecule has 0 aromatic carbocycles. The fourth-order valence-corrected chi connectivity index (χ4v) is 1.99. The van der Waals surface area contributed by atoms with Crippen LogP contribution in [0.15, 0.2) is 22.9 Å². The lowest BCUT2D eigenvalue weighted by molar-refractivity contribution is -0.163. The number of ether oxygens (including phenoxy) is 3. The molecule has 1 fully saturated rings. The Labute approximate surface area is 116 Å². The minimum absolute atomic E-state index is 0.00639. The van der Waals surface area contributed by atoms with Gasteiger partial charge in [0.1, 0.15) is 10.4 Å². The van der Waals surface area contributed by atoms with Crippen molar-refractivity contribution >= 4 is 15.9 Å². The smallest absolute Gasteiger partial charge is 0.157 e. The minimum Gasteiger partial charge on any atom is -0.492 e. The summed E-state index contributed by atoms with van der Waals surface area (Å²) in [6.45, 7) is 2.14. The Hall–Kier alpha value is -0.650. The van der Waals surface area contributed by atoms with E-state index in [1.54, 1.807) is 6.20 Å². The average Bonchev–Trinajstić information content (AvgIpc) is 2.42. The normalized spacial score (nSPS) is 19.7. The van der Waals surface area contributed by atoms with E-state index >= 15 is 0 Å². The van der Waals surface area contributed by atoms with Gasteiger partial charge >= 0.3 is 0 Å². The van der Waals surface area contributed by atoms with Crippen LogP contribution in [0.25, 0.3) is 0 Å². The lowest BCUT2D eigenvalue weighted by Crippen LogP contribution is -2.23. The quantitative estimate of drug-likeness (QED) is 0.597. The molecule has 0 radical (unpaired) electrons. The highest BCUT2D eigenvalue weighted by molar-refractivity contribution is 9.10. The molecule has 2 rings (SSSR count). The number of pyridine rings is 1. The minimum atomic E-state index is -0.00639. The molecule has 0 spiro atoms. The van der Waals surface area contributed by atoms with Gasteiger partial charge in [-0.3, -0.25) is 0 Å². The van der Waals surface area contributed by atoms with Gasteiger partial charge in [0.2, 0.25) is 0 Å². The maximum absolute atomic E-state index is 5.61. The van der Waals surface area contributed by atoms with E-state index in [2.05, 4.69) is 20.9 Å². The van der Waals surface area contributed by atoms with Crippen LogP contribution in [0.1, 0.15) is 25.7 Å². The zero-order chi connectivity index (χ0) is 12.6. The largest absolute Gasteiger partial charge is 0.492 e. The van der Waals surface area contributed by atoms with E-state index in [1.807, 2.05) is 12.1 Å². The summed E-state index contributed by atoms with van der Waals surface area (Å²) in [6.07, 6.45) is 5.92. The van der Waals surface area contributed by atoms with Crippen molar-refractivity contribution in [3.8, 4) is 5.75 Å². The lowest BCUT2D eigenvalue weighted by Gasteiger charge is -2.22. The standard InChI is InChI=1S/C13H18BrNO3/c14-12-6-5-11(10-15-12)16-8-3-9-18-13-4-1-2-7-17-13/h5-6,10,13H,1-4,7-9H2. The fourth-order valence-electron chi connectivity index (χ4n) is 1.75. The van der Waals surface area contributed by atoms with Crippen molar-refractivity contribution in [1.82, 2.24) is 4.98 Å². The SMILES string of the molecule is Brc1ccc(OCCCOC2CCCCO2)cn1. The molecule has 0 saturated carbocycles. The van der Waals surface area contributed by atoms with E-state index in [9.17, 15) is 0 Å². The molecule has 1 aromatic heterocycles. The van der Waals surface area contributed by atoms with Crippen molar-refractivity contribution in [3.63, 3.8) is 0 Å². The predicted octanol–water partition coefficient (Wildman–Crippen LogP) is 3.16. The summed E-state index contributed by atoms with van der Waals surface area (Å²) in [6, 6.07) is 3.75. The van der Waals surface area contributed by atoms with E-state index < -0.39 is 0 Å². The van der Waals surface area contributed by atoms with Gasteiger partial charge in [-0.05, 0) is 47.3 Å². The van der Waals surface area contributed by atoms with Crippen LogP contribution in [0.2, 0.25) is 0 Å². The van der Waals surface area contributed by atoms with Crippen molar-refractivity contribution in [2.45, 2.75) is 32.0 Å². The number of hydrogen-bond acceptors (Lipinski definition) is 4. The first-order chi connectivity index (χ1) is 8.84. The molecule has 2 heterocycles. The summed E-state index contributed by atoms with van der Waals surface area (Å²) in [4.78, 5) is 4.09. The Kier molecular flexibility index (Phi) is 5.90. The third-order valence-electron chi connectivity index (χ3n) is 2.70. The molecule has 1 aliphatic rings. The molecule has 0 N–H and O–H groups in total. The molecule has 0 amide bonds. The van der Waals surface area contributed by atoms with Crippen LogP contribution in [0.3, 0.4) is 0 Å². The molecule has 1 saturated heterocycles. The summed E-state index contributed by atoms with van der Waals surface area (Å²) >= 11 is 3.28. The Morgan fingerprint density at radius 3 is 3.00 bits per heavy atom. The van der Waals surface area contributed by atoms with Gasteiger partial charge in [-0.1, -0.05) is 0 Å². The molecule has 4 nitrogen and oxygen atoms in total. The van der Waals surface area contributed by atoms with Crippen LogP contribution in [-0.2, 0) is 9.47 Å². The van der Waals surface area contributed by atoms with E-state index in [-0.39, 0.29) is 6.29 Å². The zero-order valence-electron chi connectivity index (χ0n) is 10.3. The molecule has 5 heteroatoms. The molecular formula is C13H18BrNO3. The Balaban J connectivity index is 1.54. The second-order valence-corrected chi connectivity index (χ2v) is 5.00. The van der Waals surface area contributed by atoms with E-state index in [1.165, 1.54) is 6.42 Å². The third-order valence-corrected chi connectivity index (χ3v) is 3.17. The molecule has 100 valence electrons. The first-order valence-corrected chi connectivity index (χ1v) is 7.11. The second kappa shape index (κ2) is 7.71. The van der Waals surface area contributed by atoms with Crippen molar-refractivity contribution in [1.29, 1.82) is 0 Å². The van der Waals surface area contributed by atoms with Crippen LogP contribution in [0.4, 0.5) is 0 Å². The van der Waals surface area contributed by atoms with Crippen LogP contribution < -0.4 is 4.74 Å². The second-order valence-electron chi connectivity index (χ2n) is 4.19. The van der Waals surface area contributed by atoms with Gasteiger partial charge < -0.3 is 14.2 Å². The molecule has 1 aromatic rings. The first kappa shape index (κ1) is 13.8. The van der Waals surface area contributed by atoms with Crippen LogP contribution in [0, 0.1) is 0 Å². The summed E-state index contributed by atoms with van der Waals surface area (Å²) in [5, 5.41) is 0. The first-order valence-electron chi connectivity index (χ1n) is 6.32. The number of halogens is 1. The Bertz CT molecular complexity index is 339. The molecule has 1 atom stereocenters. The van der Waals surface area contributed by atoms with E-state index in [0.29, 0.717) is 13.2 Å². The lowest BCUT2D eigenvalue weighted by atomic mass is 10.2. The number of aromatic nitrogens is 1. The molecular weight excluding hydrogens is 298 g/mol. The van der Waals surface area contributed by atoms with Crippen molar-refractivity contribution in [2.24, 2.45) is 0 Å². The average molecular weight is 316 g/mol. The molecule has 1 unspecified atom stereocenters.